The number of benzene rings is 2. The van der Waals surface area contributed by atoms with Gasteiger partial charge >= 0.3 is 0 Å². The number of carbonyl (C=O) groups is 1. The van der Waals surface area contributed by atoms with Crippen LogP contribution in [0, 0.1) is 17.2 Å². The molecule has 0 spiro atoms. The third-order valence-corrected chi connectivity index (χ3v) is 6.43. The standard InChI is InChI=1S/C27H24ClN3O3.ClH/c28-22-11-20(26-21(12-22)14-25(34-26)19-3-1-17(15-29)2-4-19)13-23-5-6-24(33-23)27(32)31-16-18-7-9-30-10-8-18;/h1-6,11-12,14,18,30H,7-10,13,16H2,(H,31,32);1H. The second-order valence-corrected chi connectivity index (χ2v) is 9.07. The normalized spacial score (nSPS) is 13.8. The largest absolute Gasteiger partial charge is 0.456 e. The van der Waals surface area contributed by atoms with Gasteiger partial charge in [-0.1, -0.05) is 11.6 Å². The molecule has 1 amide bonds. The summed E-state index contributed by atoms with van der Waals surface area (Å²) in [4.78, 5) is 12.5. The third kappa shape index (κ3) is 5.71. The van der Waals surface area contributed by atoms with Crippen LogP contribution in [0.15, 0.2) is 63.4 Å². The van der Waals surface area contributed by atoms with E-state index in [0.29, 0.717) is 46.8 Å². The molecule has 1 saturated heterocycles. The molecule has 3 heterocycles. The molecule has 2 aromatic carbocycles. The summed E-state index contributed by atoms with van der Waals surface area (Å²) >= 11 is 6.38. The molecule has 0 radical (unpaired) electrons. The Balaban J connectivity index is 0.00000289. The van der Waals surface area contributed by atoms with Crippen LogP contribution in [0.1, 0.15) is 40.3 Å². The first-order valence-corrected chi connectivity index (χ1v) is 11.8. The number of furan rings is 2. The van der Waals surface area contributed by atoms with Crippen LogP contribution in [0.4, 0.5) is 0 Å². The van der Waals surface area contributed by atoms with Crippen molar-refractivity contribution in [3.63, 3.8) is 0 Å². The molecule has 2 aromatic heterocycles. The Morgan fingerprint density at radius 1 is 1.09 bits per heavy atom. The van der Waals surface area contributed by atoms with Gasteiger partial charge in [-0.3, -0.25) is 4.79 Å². The van der Waals surface area contributed by atoms with Gasteiger partial charge < -0.3 is 19.5 Å². The Labute approximate surface area is 214 Å². The van der Waals surface area contributed by atoms with Gasteiger partial charge in [-0.25, -0.2) is 0 Å². The molecule has 1 aliphatic heterocycles. The molecule has 0 aliphatic carbocycles. The lowest BCUT2D eigenvalue weighted by Gasteiger charge is -2.22. The molecule has 8 heteroatoms. The van der Waals surface area contributed by atoms with E-state index in [1.54, 1.807) is 18.2 Å². The van der Waals surface area contributed by atoms with E-state index in [4.69, 9.17) is 25.7 Å². The number of hydrogen-bond acceptors (Lipinski definition) is 5. The molecule has 4 aromatic rings. The van der Waals surface area contributed by atoms with Crippen molar-refractivity contribution in [1.82, 2.24) is 10.6 Å². The summed E-state index contributed by atoms with van der Waals surface area (Å²) in [6.45, 7) is 2.66. The van der Waals surface area contributed by atoms with Crippen molar-refractivity contribution >= 4 is 40.9 Å². The molecular formula is C27H25Cl2N3O3. The quantitative estimate of drug-likeness (QED) is 0.334. The lowest BCUT2D eigenvalue weighted by atomic mass is 9.98. The minimum absolute atomic E-state index is 0. The van der Waals surface area contributed by atoms with Crippen LogP contribution >= 0.6 is 24.0 Å². The van der Waals surface area contributed by atoms with Crippen molar-refractivity contribution in [3.05, 3.63) is 82.3 Å². The Kier molecular flexibility index (Phi) is 7.82. The van der Waals surface area contributed by atoms with Gasteiger partial charge in [0, 0.05) is 34.5 Å². The number of nitrogens with one attached hydrogen (secondary N) is 2. The molecule has 6 nitrogen and oxygen atoms in total. The fourth-order valence-electron chi connectivity index (χ4n) is 4.36. The SMILES string of the molecule is Cl.N#Cc1ccc(-c2cc3cc(Cl)cc(Cc4ccc(C(=O)NCC5CCNCC5)o4)c3o2)cc1. The van der Waals surface area contributed by atoms with E-state index in [1.807, 2.05) is 36.4 Å². The van der Waals surface area contributed by atoms with Crippen LogP contribution in [0.3, 0.4) is 0 Å². The van der Waals surface area contributed by atoms with Gasteiger partial charge in [-0.15, -0.1) is 12.4 Å². The molecule has 35 heavy (non-hydrogen) atoms. The lowest BCUT2D eigenvalue weighted by molar-refractivity contribution is 0.0915. The number of nitriles is 1. The van der Waals surface area contributed by atoms with Crippen molar-refractivity contribution in [3.8, 4) is 17.4 Å². The Morgan fingerprint density at radius 2 is 1.86 bits per heavy atom. The number of halogens is 2. The number of amides is 1. The van der Waals surface area contributed by atoms with E-state index in [1.165, 1.54) is 0 Å². The lowest BCUT2D eigenvalue weighted by Crippen LogP contribution is -2.35. The number of hydrogen-bond donors (Lipinski definition) is 2. The van der Waals surface area contributed by atoms with Crippen LogP contribution in [0.25, 0.3) is 22.3 Å². The number of piperidine rings is 1. The van der Waals surface area contributed by atoms with Gasteiger partial charge in [0.1, 0.15) is 17.1 Å². The van der Waals surface area contributed by atoms with Crippen LogP contribution < -0.4 is 10.6 Å². The predicted octanol–water partition coefficient (Wildman–Crippen LogP) is 5.96. The highest BCUT2D eigenvalue weighted by molar-refractivity contribution is 6.31. The van der Waals surface area contributed by atoms with Crippen molar-refractivity contribution in [1.29, 1.82) is 5.26 Å². The first kappa shape index (κ1) is 24.9. The summed E-state index contributed by atoms with van der Waals surface area (Å²) in [7, 11) is 0. The summed E-state index contributed by atoms with van der Waals surface area (Å²) in [5, 5.41) is 16.8. The van der Waals surface area contributed by atoms with Gasteiger partial charge in [0.2, 0.25) is 0 Å². The van der Waals surface area contributed by atoms with E-state index >= 15 is 0 Å². The number of carbonyl (C=O) groups excluding carboxylic acids is 1. The molecule has 1 aliphatic rings. The fraction of sp³-hybridized carbons (Fsp3) is 0.259. The summed E-state index contributed by atoms with van der Waals surface area (Å²) in [6.07, 6.45) is 2.59. The zero-order valence-electron chi connectivity index (χ0n) is 19.0. The zero-order valence-corrected chi connectivity index (χ0v) is 20.5. The Bertz CT molecular complexity index is 1360. The molecular weight excluding hydrogens is 485 g/mol. The molecule has 180 valence electrons. The first-order valence-electron chi connectivity index (χ1n) is 11.4. The molecule has 5 rings (SSSR count). The van der Waals surface area contributed by atoms with E-state index in [-0.39, 0.29) is 18.3 Å². The molecule has 0 bridgehead atoms. The third-order valence-electron chi connectivity index (χ3n) is 6.22. The average molecular weight is 510 g/mol. The van der Waals surface area contributed by atoms with E-state index < -0.39 is 0 Å². The van der Waals surface area contributed by atoms with Gasteiger partial charge in [0.05, 0.1) is 11.6 Å². The fourth-order valence-corrected chi connectivity index (χ4v) is 4.61. The summed E-state index contributed by atoms with van der Waals surface area (Å²) in [6, 6.07) is 18.5. The van der Waals surface area contributed by atoms with Crippen molar-refractivity contribution < 1.29 is 13.6 Å². The molecule has 1 fully saturated rings. The van der Waals surface area contributed by atoms with Gasteiger partial charge in [0.25, 0.3) is 5.91 Å². The molecule has 0 atom stereocenters. The Morgan fingerprint density at radius 3 is 2.60 bits per heavy atom. The topological polar surface area (TPSA) is 91.2 Å². The van der Waals surface area contributed by atoms with E-state index in [0.717, 1.165) is 48.0 Å². The maximum absolute atomic E-state index is 12.5. The first-order chi connectivity index (χ1) is 16.6. The van der Waals surface area contributed by atoms with Crippen LogP contribution in [-0.2, 0) is 6.42 Å². The van der Waals surface area contributed by atoms with Crippen LogP contribution in [0.5, 0.6) is 0 Å². The maximum Gasteiger partial charge on any atom is 0.287 e. The van der Waals surface area contributed by atoms with Gasteiger partial charge in [-0.05, 0) is 86.4 Å². The van der Waals surface area contributed by atoms with Crippen LogP contribution in [-0.4, -0.2) is 25.5 Å². The molecule has 2 N–H and O–H groups in total. The smallest absolute Gasteiger partial charge is 0.287 e. The molecule has 0 unspecified atom stereocenters. The van der Waals surface area contributed by atoms with Gasteiger partial charge in [-0.2, -0.15) is 5.26 Å². The highest BCUT2D eigenvalue weighted by Crippen LogP contribution is 2.33. The van der Waals surface area contributed by atoms with Gasteiger partial charge in [0.15, 0.2) is 5.76 Å². The summed E-state index contributed by atoms with van der Waals surface area (Å²) < 4.78 is 12.0. The van der Waals surface area contributed by atoms with Crippen LogP contribution in [0.2, 0.25) is 5.02 Å². The maximum atomic E-state index is 12.5. The Hall–Kier alpha value is -3.24. The van der Waals surface area contributed by atoms with E-state index in [2.05, 4.69) is 16.7 Å². The highest BCUT2D eigenvalue weighted by Gasteiger charge is 2.18. The second-order valence-electron chi connectivity index (χ2n) is 8.63. The van der Waals surface area contributed by atoms with Crippen molar-refractivity contribution in [2.24, 2.45) is 5.92 Å². The number of nitrogens with zero attached hydrogens (tertiary/aromatic N) is 1. The monoisotopic (exact) mass is 509 g/mol. The van der Waals surface area contributed by atoms with Crippen molar-refractivity contribution in [2.45, 2.75) is 19.3 Å². The minimum atomic E-state index is -0.192. The summed E-state index contributed by atoms with van der Waals surface area (Å²) in [5.41, 5.74) is 3.07. The number of rotatable bonds is 6. The molecule has 0 saturated carbocycles. The van der Waals surface area contributed by atoms with Crippen molar-refractivity contribution in [2.75, 3.05) is 19.6 Å². The minimum Gasteiger partial charge on any atom is -0.456 e. The summed E-state index contributed by atoms with van der Waals surface area (Å²) in [5.74, 6) is 1.97. The highest BCUT2D eigenvalue weighted by atomic mass is 35.5. The number of fused-ring (bicyclic) bond motifs is 1. The predicted molar refractivity (Wildman–Crippen MR) is 138 cm³/mol. The van der Waals surface area contributed by atoms with E-state index in [9.17, 15) is 4.79 Å². The second kappa shape index (κ2) is 11.0. The average Bonchev–Trinajstić information content (AvgIpc) is 3.51. The zero-order chi connectivity index (χ0) is 23.5.